The number of nitrogens with zero attached hydrogens (tertiary/aromatic N) is 1. The summed E-state index contributed by atoms with van der Waals surface area (Å²) in [5, 5.41) is 3.46. The lowest BCUT2D eigenvalue weighted by atomic mass is 10.0. The molecule has 0 spiro atoms. The van der Waals surface area contributed by atoms with Gasteiger partial charge in [0.1, 0.15) is 0 Å². The SMILES string of the molecule is Cc1ccnc(S(=O)(=O)CC2CCNCC2)c1. The van der Waals surface area contributed by atoms with Crippen molar-refractivity contribution in [2.24, 2.45) is 5.92 Å². The summed E-state index contributed by atoms with van der Waals surface area (Å²) in [6, 6.07) is 3.46. The molecule has 4 nitrogen and oxygen atoms in total. The summed E-state index contributed by atoms with van der Waals surface area (Å²) in [6.07, 6.45) is 3.43. The Bertz CT molecular complexity index is 479. The zero-order chi connectivity index (χ0) is 12.3. The summed E-state index contributed by atoms with van der Waals surface area (Å²) in [4.78, 5) is 3.97. The molecule has 0 atom stereocenters. The normalized spacial score (nSPS) is 18.2. The molecule has 1 aliphatic rings. The number of aryl methyl sites for hydroxylation is 1. The topological polar surface area (TPSA) is 59.1 Å². The summed E-state index contributed by atoms with van der Waals surface area (Å²) in [5.74, 6) is 0.495. The second kappa shape index (κ2) is 5.14. The van der Waals surface area contributed by atoms with Gasteiger partial charge in [-0.1, -0.05) is 0 Å². The fraction of sp³-hybridized carbons (Fsp3) is 0.583. The molecule has 0 saturated carbocycles. The molecule has 1 saturated heterocycles. The fourth-order valence-electron chi connectivity index (χ4n) is 2.12. The van der Waals surface area contributed by atoms with Gasteiger partial charge in [0.15, 0.2) is 14.9 Å². The van der Waals surface area contributed by atoms with Crippen molar-refractivity contribution < 1.29 is 8.42 Å². The maximum absolute atomic E-state index is 12.2. The van der Waals surface area contributed by atoms with Crippen LogP contribution in [-0.2, 0) is 9.84 Å². The van der Waals surface area contributed by atoms with Gasteiger partial charge in [0.25, 0.3) is 0 Å². The standard InChI is InChI=1S/C12H18N2O2S/c1-10-2-7-14-12(8-10)17(15,16)9-11-3-5-13-6-4-11/h2,7-8,11,13H,3-6,9H2,1H3. The number of piperidine rings is 1. The number of sulfone groups is 1. The molecule has 0 aromatic carbocycles. The van der Waals surface area contributed by atoms with E-state index in [-0.39, 0.29) is 16.7 Å². The van der Waals surface area contributed by atoms with E-state index < -0.39 is 9.84 Å². The summed E-state index contributed by atoms with van der Waals surface area (Å²) in [5.41, 5.74) is 0.934. The van der Waals surface area contributed by atoms with Gasteiger partial charge in [0, 0.05) is 6.20 Å². The van der Waals surface area contributed by atoms with Crippen LogP contribution in [0.25, 0.3) is 0 Å². The molecule has 94 valence electrons. The Kier molecular flexibility index (Phi) is 3.79. The lowest BCUT2D eigenvalue weighted by Gasteiger charge is -2.22. The third kappa shape index (κ3) is 3.26. The van der Waals surface area contributed by atoms with E-state index in [1.165, 1.54) is 0 Å². The molecule has 1 fully saturated rings. The molecular formula is C12H18N2O2S. The predicted molar refractivity (Wildman–Crippen MR) is 66.6 cm³/mol. The van der Waals surface area contributed by atoms with Gasteiger partial charge in [-0.15, -0.1) is 0 Å². The highest BCUT2D eigenvalue weighted by molar-refractivity contribution is 7.91. The van der Waals surface area contributed by atoms with Crippen LogP contribution in [0.4, 0.5) is 0 Å². The smallest absolute Gasteiger partial charge is 0.195 e. The number of nitrogens with one attached hydrogen (secondary N) is 1. The van der Waals surface area contributed by atoms with Crippen LogP contribution in [0.2, 0.25) is 0 Å². The largest absolute Gasteiger partial charge is 0.317 e. The van der Waals surface area contributed by atoms with E-state index in [0.29, 0.717) is 0 Å². The molecule has 1 aromatic heterocycles. The molecule has 1 N–H and O–H groups in total. The molecule has 0 aliphatic carbocycles. The van der Waals surface area contributed by atoms with Crippen molar-refractivity contribution >= 4 is 9.84 Å². The quantitative estimate of drug-likeness (QED) is 0.879. The van der Waals surface area contributed by atoms with Crippen LogP contribution >= 0.6 is 0 Å². The average Bonchev–Trinajstić information content (AvgIpc) is 2.30. The molecule has 0 amide bonds. The van der Waals surface area contributed by atoms with Gasteiger partial charge < -0.3 is 5.32 Å². The Labute approximate surface area is 102 Å². The number of pyridine rings is 1. The molecule has 1 aliphatic heterocycles. The Hall–Kier alpha value is -0.940. The molecule has 17 heavy (non-hydrogen) atoms. The molecule has 2 rings (SSSR count). The van der Waals surface area contributed by atoms with Gasteiger partial charge in [0.05, 0.1) is 5.75 Å². The summed E-state index contributed by atoms with van der Waals surface area (Å²) >= 11 is 0. The van der Waals surface area contributed by atoms with Crippen molar-refractivity contribution in [2.75, 3.05) is 18.8 Å². The Morgan fingerprint density at radius 2 is 2.12 bits per heavy atom. The predicted octanol–water partition coefficient (Wildman–Crippen LogP) is 1.16. The number of hydrogen-bond donors (Lipinski definition) is 1. The van der Waals surface area contributed by atoms with Crippen LogP contribution in [0.3, 0.4) is 0 Å². The number of aromatic nitrogens is 1. The van der Waals surface area contributed by atoms with Crippen molar-refractivity contribution in [3.63, 3.8) is 0 Å². The van der Waals surface area contributed by atoms with Crippen molar-refractivity contribution in [3.8, 4) is 0 Å². The van der Waals surface area contributed by atoms with Crippen LogP contribution < -0.4 is 5.32 Å². The molecule has 0 unspecified atom stereocenters. The number of hydrogen-bond acceptors (Lipinski definition) is 4. The highest BCUT2D eigenvalue weighted by Gasteiger charge is 2.23. The van der Waals surface area contributed by atoms with Gasteiger partial charge in [-0.3, -0.25) is 0 Å². The van der Waals surface area contributed by atoms with Crippen LogP contribution in [-0.4, -0.2) is 32.2 Å². The fourth-order valence-corrected chi connectivity index (χ4v) is 3.83. The Morgan fingerprint density at radius 1 is 1.41 bits per heavy atom. The monoisotopic (exact) mass is 254 g/mol. The first-order valence-electron chi connectivity index (χ1n) is 5.94. The second-order valence-corrected chi connectivity index (χ2v) is 6.63. The third-order valence-corrected chi connectivity index (χ3v) is 4.89. The maximum Gasteiger partial charge on any atom is 0.195 e. The highest BCUT2D eigenvalue weighted by Crippen LogP contribution is 2.18. The zero-order valence-electron chi connectivity index (χ0n) is 10.0. The minimum atomic E-state index is -3.22. The van der Waals surface area contributed by atoms with Crippen LogP contribution in [0, 0.1) is 12.8 Å². The van der Waals surface area contributed by atoms with E-state index in [2.05, 4.69) is 10.3 Å². The van der Waals surface area contributed by atoms with Gasteiger partial charge >= 0.3 is 0 Å². The Balaban J connectivity index is 2.13. The summed E-state index contributed by atoms with van der Waals surface area (Å²) in [6.45, 7) is 3.72. The lowest BCUT2D eigenvalue weighted by molar-refractivity contribution is 0.401. The zero-order valence-corrected chi connectivity index (χ0v) is 10.8. The van der Waals surface area contributed by atoms with E-state index in [4.69, 9.17) is 0 Å². The van der Waals surface area contributed by atoms with Crippen molar-refractivity contribution in [1.29, 1.82) is 0 Å². The molecule has 5 heteroatoms. The molecule has 0 radical (unpaired) electrons. The lowest BCUT2D eigenvalue weighted by Crippen LogP contribution is -2.31. The first-order chi connectivity index (χ1) is 8.08. The van der Waals surface area contributed by atoms with E-state index in [1.54, 1.807) is 12.3 Å². The summed E-state index contributed by atoms with van der Waals surface area (Å²) < 4.78 is 24.3. The number of rotatable bonds is 3. The van der Waals surface area contributed by atoms with Crippen molar-refractivity contribution in [2.45, 2.75) is 24.8 Å². The summed E-state index contributed by atoms with van der Waals surface area (Å²) in [7, 11) is -3.22. The van der Waals surface area contributed by atoms with Crippen LogP contribution in [0.15, 0.2) is 23.4 Å². The van der Waals surface area contributed by atoms with Gasteiger partial charge in [-0.25, -0.2) is 13.4 Å². The van der Waals surface area contributed by atoms with Crippen molar-refractivity contribution in [1.82, 2.24) is 10.3 Å². The van der Waals surface area contributed by atoms with E-state index >= 15 is 0 Å². The first-order valence-corrected chi connectivity index (χ1v) is 7.59. The second-order valence-electron chi connectivity index (χ2n) is 4.65. The van der Waals surface area contributed by atoms with Gasteiger partial charge in [-0.05, 0) is 56.5 Å². The van der Waals surface area contributed by atoms with Crippen LogP contribution in [0.5, 0.6) is 0 Å². The highest BCUT2D eigenvalue weighted by atomic mass is 32.2. The average molecular weight is 254 g/mol. The first kappa shape index (κ1) is 12.5. The van der Waals surface area contributed by atoms with E-state index in [0.717, 1.165) is 31.5 Å². The van der Waals surface area contributed by atoms with Gasteiger partial charge in [0.2, 0.25) is 0 Å². The van der Waals surface area contributed by atoms with Gasteiger partial charge in [-0.2, -0.15) is 0 Å². The van der Waals surface area contributed by atoms with E-state index in [1.807, 2.05) is 13.0 Å². The molecular weight excluding hydrogens is 236 g/mol. The minimum Gasteiger partial charge on any atom is -0.317 e. The van der Waals surface area contributed by atoms with Crippen LogP contribution in [0.1, 0.15) is 18.4 Å². The molecule has 1 aromatic rings. The maximum atomic E-state index is 12.2. The minimum absolute atomic E-state index is 0.219. The third-order valence-electron chi connectivity index (χ3n) is 3.12. The Morgan fingerprint density at radius 3 is 2.76 bits per heavy atom. The van der Waals surface area contributed by atoms with Crippen molar-refractivity contribution in [3.05, 3.63) is 23.9 Å². The molecule has 2 heterocycles. The molecule has 0 bridgehead atoms. The van der Waals surface area contributed by atoms with E-state index in [9.17, 15) is 8.42 Å².